The van der Waals surface area contributed by atoms with Crippen LogP contribution in [0.25, 0.3) is 0 Å². The third kappa shape index (κ3) is 11.7. The Kier molecular flexibility index (Phi) is 171. The summed E-state index contributed by atoms with van der Waals surface area (Å²) in [7, 11) is 0. The molecule has 2 heteroatoms. The van der Waals surface area contributed by atoms with Crippen molar-refractivity contribution in [2.24, 2.45) is 0 Å². The molecule has 0 heterocycles. The van der Waals surface area contributed by atoms with Crippen molar-refractivity contribution in [3.63, 3.8) is 0 Å². The van der Waals surface area contributed by atoms with Gasteiger partial charge in [0, 0.05) is 40.2 Å². The molecule has 30 valence electrons. The molecule has 0 aromatic heterocycles. The molecule has 0 aliphatic heterocycles. The Morgan fingerprint density at radius 3 is 0.750 bits per heavy atom. The van der Waals surface area contributed by atoms with Gasteiger partial charge < -0.3 is 0 Å². The van der Waals surface area contributed by atoms with E-state index in [-0.39, 0.29) is 40.2 Å². The topological polar surface area (TPSA) is 0 Å². The van der Waals surface area contributed by atoms with Crippen LogP contribution in [-0.2, 0) is 40.2 Å². The molecule has 0 fully saturated rings. The van der Waals surface area contributed by atoms with Gasteiger partial charge in [-0.3, -0.25) is 0 Å². The minimum absolute atomic E-state index is 0. The first kappa shape index (κ1) is 19.8. The minimum Gasteiger partial charge on any atom is -0.106 e. The molecule has 0 aliphatic rings. The molecule has 0 amide bonds. The zero-order valence-corrected chi connectivity index (χ0v) is 6.87. The second kappa shape index (κ2) is 34.6. The summed E-state index contributed by atoms with van der Waals surface area (Å²) in [5.74, 6) is 0. The quantitative estimate of drug-likeness (QED) is 0.517. The second-order valence-corrected chi connectivity index (χ2v) is 0. The third-order valence-electron chi connectivity index (χ3n) is 0. The van der Waals surface area contributed by atoms with E-state index in [9.17, 15) is 0 Å². The standard InChI is InChI=1S/C2H4.2Ir/c1-2;;/h1-2H2;;. The Morgan fingerprint density at radius 2 is 0.750 bits per heavy atom. The van der Waals surface area contributed by atoms with Crippen LogP contribution in [-0.4, -0.2) is 0 Å². The molecule has 4 heavy (non-hydrogen) atoms. The summed E-state index contributed by atoms with van der Waals surface area (Å²) in [5, 5.41) is 0. The van der Waals surface area contributed by atoms with Crippen LogP contribution < -0.4 is 0 Å². The SMILES string of the molecule is C=C.[Ir].[Ir]. The second-order valence-electron chi connectivity index (χ2n) is 0. The molecule has 0 spiro atoms. The smallest absolute Gasteiger partial charge is 0 e. The summed E-state index contributed by atoms with van der Waals surface area (Å²) in [6, 6.07) is 0. The van der Waals surface area contributed by atoms with Crippen LogP contribution in [0.3, 0.4) is 0 Å². The van der Waals surface area contributed by atoms with Gasteiger partial charge in [0.1, 0.15) is 0 Å². The van der Waals surface area contributed by atoms with E-state index in [0.29, 0.717) is 0 Å². The summed E-state index contributed by atoms with van der Waals surface area (Å²) in [6.07, 6.45) is 0. The van der Waals surface area contributed by atoms with E-state index in [0.717, 1.165) is 0 Å². The zero-order valence-electron chi connectivity index (χ0n) is 2.08. The molecule has 0 aromatic rings. The fourth-order valence-corrected chi connectivity index (χ4v) is 0. The molecule has 0 bridgehead atoms. The van der Waals surface area contributed by atoms with E-state index >= 15 is 0 Å². The Labute approximate surface area is 53.4 Å². The fourth-order valence-electron chi connectivity index (χ4n) is 0. The fraction of sp³-hybridized carbons (Fsp3) is 0. The van der Waals surface area contributed by atoms with Gasteiger partial charge in [-0.2, -0.15) is 0 Å². The predicted octanol–water partition coefficient (Wildman–Crippen LogP) is 0.797. The Morgan fingerprint density at radius 1 is 0.750 bits per heavy atom. The van der Waals surface area contributed by atoms with E-state index in [1.54, 1.807) is 0 Å². The van der Waals surface area contributed by atoms with Crippen molar-refractivity contribution in [1.82, 2.24) is 0 Å². The summed E-state index contributed by atoms with van der Waals surface area (Å²) >= 11 is 0. The van der Waals surface area contributed by atoms with Gasteiger partial charge in [-0.15, -0.1) is 13.2 Å². The van der Waals surface area contributed by atoms with E-state index in [1.165, 1.54) is 0 Å². The zero-order chi connectivity index (χ0) is 2.00. The van der Waals surface area contributed by atoms with Crippen LogP contribution >= 0.6 is 0 Å². The molecular weight excluding hydrogens is 408 g/mol. The van der Waals surface area contributed by atoms with E-state index < -0.39 is 0 Å². The van der Waals surface area contributed by atoms with Gasteiger partial charge in [-0.25, -0.2) is 0 Å². The van der Waals surface area contributed by atoms with Crippen LogP contribution in [0.15, 0.2) is 13.2 Å². The van der Waals surface area contributed by atoms with Gasteiger partial charge in [0.05, 0.1) is 0 Å². The third-order valence-corrected chi connectivity index (χ3v) is 0. The predicted molar refractivity (Wildman–Crippen MR) is 11.3 cm³/mol. The monoisotopic (exact) mass is 414 g/mol. The molecule has 0 nitrogen and oxygen atoms in total. The van der Waals surface area contributed by atoms with Gasteiger partial charge >= 0.3 is 0 Å². The molecule has 0 saturated carbocycles. The molecular formula is C2H4Ir2. The molecule has 0 unspecified atom stereocenters. The van der Waals surface area contributed by atoms with Gasteiger partial charge in [0.15, 0.2) is 0 Å². The maximum atomic E-state index is 3.00. The molecule has 0 rings (SSSR count). The van der Waals surface area contributed by atoms with Crippen molar-refractivity contribution < 1.29 is 40.2 Å². The van der Waals surface area contributed by atoms with E-state index in [4.69, 9.17) is 0 Å². The van der Waals surface area contributed by atoms with Crippen molar-refractivity contribution >= 4 is 0 Å². The summed E-state index contributed by atoms with van der Waals surface area (Å²) in [5.41, 5.74) is 0. The Balaban J connectivity index is -0.00000000500. The summed E-state index contributed by atoms with van der Waals surface area (Å²) in [6.45, 7) is 6.00. The minimum atomic E-state index is 0. The number of hydrogen-bond acceptors (Lipinski definition) is 0. The Bertz CT molecular complexity index is 4.00. The van der Waals surface area contributed by atoms with Crippen LogP contribution in [0.1, 0.15) is 0 Å². The van der Waals surface area contributed by atoms with Crippen molar-refractivity contribution in [1.29, 1.82) is 0 Å². The van der Waals surface area contributed by atoms with E-state index in [2.05, 4.69) is 13.2 Å². The van der Waals surface area contributed by atoms with Gasteiger partial charge in [-0.1, -0.05) is 0 Å². The molecule has 2 radical (unpaired) electrons. The van der Waals surface area contributed by atoms with Gasteiger partial charge in [0.25, 0.3) is 0 Å². The summed E-state index contributed by atoms with van der Waals surface area (Å²) in [4.78, 5) is 0. The van der Waals surface area contributed by atoms with Crippen molar-refractivity contribution in [3.8, 4) is 0 Å². The van der Waals surface area contributed by atoms with Gasteiger partial charge in [0.2, 0.25) is 0 Å². The Hall–Kier alpha value is 1.04. The van der Waals surface area contributed by atoms with Gasteiger partial charge in [-0.05, 0) is 0 Å². The maximum Gasteiger partial charge on any atom is 0 e. The van der Waals surface area contributed by atoms with E-state index in [1.807, 2.05) is 0 Å². The van der Waals surface area contributed by atoms with Crippen LogP contribution in [0.5, 0.6) is 0 Å². The molecule has 0 N–H and O–H groups in total. The molecule has 0 aromatic carbocycles. The number of rotatable bonds is 0. The first-order valence-electron chi connectivity index (χ1n) is 0.500. The largest absolute Gasteiger partial charge is 0.106 e. The average Bonchev–Trinajstić information content (AvgIpc) is 1.00. The average molecular weight is 412 g/mol. The van der Waals surface area contributed by atoms with Crippen molar-refractivity contribution in [3.05, 3.63) is 13.2 Å². The maximum absolute atomic E-state index is 3.00. The van der Waals surface area contributed by atoms with Crippen LogP contribution in [0.2, 0.25) is 0 Å². The normalized spacial score (nSPS) is 1.00. The van der Waals surface area contributed by atoms with Crippen LogP contribution in [0, 0.1) is 0 Å². The number of hydrogen-bond donors (Lipinski definition) is 0. The first-order valence-corrected chi connectivity index (χ1v) is 0.500. The van der Waals surface area contributed by atoms with Crippen molar-refractivity contribution in [2.75, 3.05) is 0 Å². The molecule has 0 saturated heterocycles. The first-order chi connectivity index (χ1) is 1.00. The summed E-state index contributed by atoms with van der Waals surface area (Å²) < 4.78 is 0. The van der Waals surface area contributed by atoms with Crippen LogP contribution in [0.4, 0.5) is 0 Å². The van der Waals surface area contributed by atoms with Crippen molar-refractivity contribution in [2.45, 2.75) is 0 Å². The molecule has 0 aliphatic carbocycles. The molecule has 0 atom stereocenters.